The third kappa shape index (κ3) is 3.18. The number of carbonyl (C=O) groups is 1. The molecule has 4 nitrogen and oxygen atoms in total. The van der Waals surface area contributed by atoms with E-state index in [1.165, 1.54) is 24.6 Å². The van der Waals surface area contributed by atoms with Crippen LogP contribution in [0.4, 0.5) is 0 Å². The number of rotatable bonds is 5. The number of para-hydroxylation sites is 1. The molecule has 0 spiro atoms. The molecule has 1 heterocycles. The Balaban J connectivity index is 1.94. The van der Waals surface area contributed by atoms with Gasteiger partial charge < -0.3 is 5.32 Å². The minimum absolute atomic E-state index is 0.0539. The van der Waals surface area contributed by atoms with Crippen LogP contribution in [0.15, 0.2) is 29.3 Å². The van der Waals surface area contributed by atoms with E-state index in [4.69, 9.17) is 4.98 Å². The van der Waals surface area contributed by atoms with Gasteiger partial charge >= 0.3 is 0 Å². The average molecular weight is 301 g/mol. The fourth-order valence-corrected chi connectivity index (χ4v) is 3.19. The van der Waals surface area contributed by atoms with Crippen LogP contribution in [0.2, 0.25) is 0 Å². The molecule has 0 aliphatic heterocycles. The molecule has 2 aromatic rings. The number of hydrogen-bond acceptors (Lipinski definition) is 4. The van der Waals surface area contributed by atoms with E-state index in [2.05, 4.69) is 10.3 Å². The van der Waals surface area contributed by atoms with Gasteiger partial charge in [0, 0.05) is 17.8 Å². The number of aromatic nitrogens is 2. The van der Waals surface area contributed by atoms with Gasteiger partial charge in [-0.25, -0.2) is 9.97 Å². The third-order valence-corrected chi connectivity index (χ3v) is 4.64. The van der Waals surface area contributed by atoms with E-state index in [0.717, 1.165) is 21.8 Å². The standard InChI is InChI=1S/C16H19N3OS/c1-3-17-15(20)10(2)21-16-12-6-4-5-7-13(12)18-14(19-16)11-8-9-11/h4-7,10-11H,3,8-9H2,1-2H3,(H,17,20)/t10-/m0/s1. The Hall–Kier alpha value is -1.62. The summed E-state index contributed by atoms with van der Waals surface area (Å²) in [6.07, 6.45) is 2.35. The van der Waals surface area contributed by atoms with E-state index in [1.807, 2.05) is 38.1 Å². The maximum atomic E-state index is 11.9. The second-order valence-electron chi connectivity index (χ2n) is 5.33. The van der Waals surface area contributed by atoms with Crippen molar-refractivity contribution >= 4 is 28.6 Å². The summed E-state index contributed by atoms with van der Waals surface area (Å²) in [6.45, 7) is 4.51. The molecule has 1 aliphatic carbocycles. The number of nitrogens with one attached hydrogen (secondary N) is 1. The zero-order chi connectivity index (χ0) is 14.8. The highest BCUT2D eigenvalue weighted by atomic mass is 32.2. The largest absolute Gasteiger partial charge is 0.355 e. The number of amides is 1. The van der Waals surface area contributed by atoms with Gasteiger partial charge in [0.15, 0.2) is 0 Å². The minimum atomic E-state index is -0.157. The predicted octanol–water partition coefficient (Wildman–Crippen LogP) is 3.12. The van der Waals surface area contributed by atoms with Crippen molar-refractivity contribution in [3.63, 3.8) is 0 Å². The molecule has 0 unspecified atom stereocenters. The van der Waals surface area contributed by atoms with Crippen molar-refractivity contribution in [2.24, 2.45) is 0 Å². The Labute approximate surface area is 128 Å². The number of benzene rings is 1. The van der Waals surface area contributed by atoms with Crippen LogP contribution in [-0.2, 0) is 4.79 Å². The lowest BCUT2D eigenvalue weighted by Gasteiger charge is -2.13. The second-order valence-corrected chi connectivity index (χ2v) is 6.66. The zero-order valence-corrected chi connectivity index (χ0v) is 13.1. The molecule has 0 saturated heterocycles. The van der Waals surface area contributed by atoms with Crippen LogP contribution in [0.5, 0.6) is 0 Å². The summed E-state index contributed by atoms with van der Waals surface area (Å²) in [6, 6.07) is 8.03. The highest BCUT2D eigenvalue weighted by Gasteiger charge is 2.28. The molecule has 1 N–H and O–H groups in total. The van der Waals surface area contributed by atoms with Gasteiger partial charge in [-0.3, -0.25) is 4.79 Å². The summed E-state index contributed by atoms with van der Waals surface area (Å²) in [5, 5.41) is 4.65. The summed E-state index contributed by atoms with van der Waals surface area (Å²) >= 11 is 1.52. The topological polar surface area (TPSA) is 54.9 Å². The molecule has 21 heavy (non-hydrogen) atoms. The van der Waals surface area contributed by atoms with Crippen LogP contribution in [0, 0.1) is 0 Å². The molecule has 5 heteroatoms. The Kier molecular flexibility index (Phi) is 4.10. The summed E-state index contributed by atoms with van der Waals surface area (Å²) in [5.74, 6) is 1.49. The van der Waals surface area contributed by atoms with E-state index in [1.54, 1.807) is 0 Å². The SMILES string of the molecule is CCNC(=O)[C@H](C)Sc1nc(C2CC2)nc2ccccc12. The van der Waals surface area contributed by atoms with Crippen molar-refractivity contribution in [1.29, 1.82) is 0 Å². The van der Waals surface area contributed by atoms with Crippen LogP contribution in [0.1, 0.15) is 38.4 Å². The van der Waals surface area contributed by atoms with Gasteiger partial charge in [0.05, 0.1) is 10.8 Å². The Morgan fingerprint density at radius 3 is 2.86 bits per heavy atom. The van der Waals surface area contributed by atoms with Gasteiger partial charge in [0.2, 0.25) is 5.91 Å². The molecule has 1 amide bonds. The molecule has 0 radical (unpaired) electrons. The first kappa shape index (κ1) is 14.3. The normalized spacial score (nSPS) is 15.9. The quantitative estimate of drug-likeness (QED) is 0.681. The average Bonchev–Trinajstić information content (AvgIpc) is 3.32. The highest BCUT2D eigenvalue weighted by molar-refractivity contribution is 8.00. The molecular formula is C16H19N3OS. The van der Waals surface area contributed by atoms with Gasteiger partial charge in [-0.15, -0.1) is 0 Å². The van der Waals surface area contributed by atoms with Crippen molar-refractivity contribution in [1.82, 2.24) is 15.3 Å². The van der Waals surface area contributed by atoms with Crippen LogP contribution < -0.4 is 5.32 Å². The van der Waals surface area contributed by atoms with E-state index >= 15 is 0 Å². The van der Waals surface area contributed by atoms with E-state index in [0.29, 0.717) is 12.5 Å². The predicted molar refractivity (Wildman–Crippen MR) is 85.5 cm³/mol. The zero-order valence-electron chi connectivity index (χ0n) is 12.3. The maximum absolute atomic E-state index is 11.9. The maximum Gasteiger partial charge on any atom is 0.233 e. The van der Waals surface area contributed by atoms with Crippen LogP contribution in [0.3, 0.4) is 0 Å². The molecule has 110 valence electrons. The lowest BCUT2D eigenvalue weighted by molar-refractivity contribution is -0.120. The van der Waals surface area contributed by atoms with E-state index in [9.17, 15) is 4.79 Å². The lowest BCUT2D eigenvalue weighted by Crippen LogP contribution is -2.30. The summed E-state index contributed by atoms with van der Waals surface area (Å²) in [7, 11) is 0. The first-order chi connectivity index (χ1) is 10.2. The number of fused-ring (bicyclic) bond motifs is 1. The Morgan fingerprint density at radius 1 is 1.38 bits per heavy atom. The van der Waals surface area contributed by atoms with Crippen molar-refractivity contribution < 1.29 is 4.79 Å². The summed E-state index contributed by atoms with van der Waals surface area (Å²) in [5.41, 5.74) is 0.972. The van der Waals surface area contributed by atoms with Gasteiger partial charge in [-0.1, -0.05) is 30.0 Å². The molecule has 3 rings (SSSR count). The van der Waals surface area contributed by atoms with Gasteiger partial charge in [0.1, 0.15) is 10.9 Å². The number of hydrogen-bond donors (Lipinski definition) is 1. The first-order valence-electron chi connectivity index (χ1n) is 7.40. The first-order valence-corrected chi connectivity index (χ1v) is 8.28. The second kappa shape index (κ2) is 6.02. The molecule has 0 bridgehead atoms. The van der Waals surface area contributed by atoms with Crippen molar-refractivity contribution in [2.75, 3.05) is 6.54 Å². The summed E-state index contributed by atoms with van der Waals surface area (Å²) < 4.78 is 0. The monoisotopic (exact) mass is 301 g/mol. The molecule has 1 aromatic carbocycles. The lowest BCUT2D eigenvalue weighted by atomic mass is 10.2. The van der Waals surface area contributed by atoms with Gasteiger partial charge in [-0.05, 0) is 32.8 Å². The van der Waals surface area contributed by atoms with Crippen molar-refractivity contribution in [3.8, 4) is 0 Å². The fraction of sp³-hybridized carbons (Fsp3) is 0.438. The molecule has 1 aliphatic rings. The van der Waals surface area contributed by atoms with E-state index in [-0.39, 0.29) is 11.2 Å². The molecule has 1 atom stereocenters. The number of nitrogens with zero attached hydrogens (tertiary/aromatic N) is 2. The summed E-state index contributed by atoms with van der Waals surface area (Å²) in [4.78, 5) is 21.3. The minimum Gasteiger partial charge on any atom is -0.355 e. The Bertz CT molecular complexity index is 670. The highest BCUT2D eigenvalue weighted by Crippen LogP contribution is 2.40. The van der Waals surface area contributed by atoms with Crippen molar-refractivity contribution in [2.45, 2.75) is 42.9 Å². The molecule has 1 fully saturated rings. The molecule has 1 aromatic heterocycles. The molecule has 1 saturated carbocycles. The molecular weight excluding hydrogens is 282 g/mol. The van der Waals surface area contributed by atoms with E-state index < -0.39 is 0 Å². The smallest absolute Gasteiger partial charge is 0.233 e. The van der Waals surface area contributed by atoms with Crippen molar-refractivity contribution in [3.05, 3.63) is 30.1 Å². The Morgan fingerprint density at radius 2 is 2.14 bits per heavy atom. The van der Waals surface area contributed by atoms with Crippen LogP contribution >= 0.6 is 11.8 Å². The third-order valence-electron chi connectivity index (χ3n) is 3.54. The number of carbonyl (C=O) groups excluding carboxylic acids is 1. The van der Waals surface area contributed by atoms with Gasteiger partial charge in [-0.2, -0.15) is 0 Å². The van der Waals surface area contributed by atoms with Crippen LogP contribution in [-0.4, -0.2) is 27.7 Å². The van der Waals surface area contributed by atoms with Gasteiger partial charge in [0.25, 0.3) is 0 Å². The fourth-order valence-electron chi connectivity index (χ4n) is 2.22. The number of thioether (sulfide) groups is 1. The van der Waals surface area contributed by atoms with Crippen LogP contribution in [0.25, 0.3) is 10.9 Å².